The van der Waals surface area contributed by atoms with Crippen molar-refractivity contribution in [1.82, 2.24) is 19.2 Å². The Labute approximate surface area is 180 Å². The summed E-state index contributed by atoms with van der Waals surface area (Å²) in [5, 5.41) is 0.903. The summed E-state index contributed by atoms with van der Waals surface area (Å²) in [5.41, 5.74) is 2.03. The quantitative estimate of drug-likeness (QED) is 0.661. The summed E-state index contributed by atoms with van der Waals surface area (Å²) < 4.78 is 38.3. The summed E-state index contributed by atoms with van der Waals surface area (Å²) >= 11 is 0. The third-order valence-electron chi connectivity index (χ3n) is 6.06. The van der Waals surface area contributed by atoms with Crippen LogP contribution in [0.5, 0.6) is 0 Å². The van der Waals surface area contributed by atoms with Gasteiger partial charge in [-0.3, -0.25) is 4.79 Å². The van der Waals surface area contributed by atoms with Crippen molar-refractivity contribution < 1.29 is 22.4 Å². The average molecular weight is 445 g/mol. The van der Waals surface area contributed by atoms with Crippen LogP contribution in [-0.4, -0.2) is 72.9 Å². The first-order valence-electron chi connectivity index (χ1n) is 10.4. The minimum atomic E-state index is -3.79. The number of piperidine rings is 1. The third kappa shape index (κ3) is 3.75. The maximum absolute atomic E-state index is 13.1. The number of fused-ring (bicyclic) bond motifs is 1. The van der Waals surface area contributed by atoms with Crippen molar-refractivity contribution in [3.05, 3.63) is 48.0 Å². The normalized spacial score (nSPS) is 19.2. The van der Waals surface area contributed by atoms with Crippen LogP contribution in [0.4, 0.5) is 0 Å². The largest absolute Gasteiger partial charge is 0.438 e. The molecule has 1 amide bonds. The van der Waals surface area contributed by atoms with Gasteiger partial charge in [-0.05, 0) is 48.6 Å². The van der Waals surface area contributed by atoms with Gasteiger partial charge in [0.2, 0.25) is 5.09 Å². The summed E-state index contributed by atoms with van der Waals surface area (Å²) in [6.45, 7) is 2.68. The van der Waals surface area contributed by atoms with Crippen molar-refractivity contribution >= 4 is 27.0 Å². The number of aromatic nitrogens is 2. The van der Waals surface area contributed by atoms with Crippen LogP contribution in [0, 0.1) is 0 Å². The number of aromatic amines is 1. The Hall–Kier alpha value is -2.69. The van der Waals surface area contributed by atoms with E-state index in [1.807, 2.05) is 18.3 Å². The number of ether oxygens (including phenoxy) is 1. The van der Waals surface area contributed by atoms with Crippen molar-refractivity contribution in [3.8, 4) is 0 Å². The SMILES string of the molecule is O=C(c1ccc(S(=O)(=O)N2CCC(c3c[nH]c4ncccc34)CC2)o1)N1CCOCC1. The van der Waals surface area contributed by atoms with E-state index in [0.717, 1.165) is 11.0 Å². The van der Waals surface area contributed by atoms with Crippen LogP contribution in [0.15, 0.2) is 46.2 Å². The fourth-order valence-corrected chi connectivity index (χ4v) is 5.73. The van der Waals surface area contributed by atoms with E-state index in [0.29, 0.717) is 52.2 Å². The topological polar surface area (TPSA) is 109 Å². The second kappa shape index (κ2) is 8.10. The third-order valence-corrected chi connectivity index (χ3v) is 7.83. The number of H-pyrrole nitrogens is 1. The molecular weight excluding hydrogens is 420 g/mol. The second-order valence-corrected chi connectivity index (χ2v) is 9.71. The van der Waals surface area contributed by atoms with Crippen LogP contribution in [0.3, 0.4) is 0 Å². The highest BCUT2D eigenvalue weighted by molar-refractivity contribution is 7.89. The lowest BCUT2D eigenvalue weighted by Crippen LogP contribution is -2.40. The zero-order chi connectivity index (χ0) is 21.4. The smallest absolute Gasteiger partial charge is 0.289 e. The fraction of sp³-hybridized carbons (Fsp3) is 0.429. The average Bonchev–Trinajstić information content (AvgIpc) is 3.47. The molecule has 0 atom stereocenters. The molecule has 2 saturated heterocycles. The van der Waals surface area contributed by atoms with E-state index in [4.69, 9.17) is 9.15 Å². The zero-order valence-corrected chi connectivity index (χ0v) is 17.8. The number of carbonyl (C=O) groups excluding carboxylic acids is 1. The summed E-state index contributed by atoms with van der Waals surface area (Å²) in [7, 11) is -3.79. The predicted molar refractivity (Wildman–Crippen MR) is 112 cm³/mol. The van der Waals surface area contributed by atoms with Crippen LogP contribution >= 0.6 is 0 Å². The lowest BCUT2D eigenvalue weighted by atomic mass is 9.90. The Morgan fingerprint density at radius 1 is 1.10 bits per heavy atom. The van der Waals surface area contributed by atoms with Crippen LogP contribution < -0.4 is 0 Å². The Kier molecular flexibility index (Phi) is 5.28. The van der Waals surface area contributed by atoms with Crippen LogP contribution in [0.2, 0.25) is 0 Å². The lowest BCUT2D eigenvalue weighted by Gasteiger charge is -2.30. The van der Waals surface area contributed by atoms with E-state index in [1.165, 1.54) is 22.0 Å². The number of nitrogens with one attached hydrogen (secondary N) is 1. The molecule has 31 heavy (non-hydrogen) atoms. The van der Waals surface area contributed by atoms with Crippen molar-refractivity contribution in [2.24, 2.45) is 0 Å². The van der Waals surface area contributed by atoms with E-state index < -0.39 is 10.0 Å². The highest BCUT2D eigenvalue weighted by Gasteiger charge is 2.34. The molecule has 0 saturated carbocycles. The lowest BCUT2D eigenvalue weighted by molar-refractivity contribution is 0.0279. The summed E-state index contributed by atoms with van der Waals surface area (Å²) in [6.07, 6.45) is 5.14. The number of sulfonamides is 1. The number of furan rings is 1. The van der Waals surface area contributed by atoms with Gasteiger partial charge >= 0.3 is 0 Å². The van der Waals surface area contributed by atoms with Crippen LogP contribution in [0.25, 0.3) is 11.0 Å². The molecule has 0 aromatic carbocycles. The minimum Gasteiger partial charge on any atom is -0.438 e. The van der Waals surface area contributed by atoms with Crippen molar-refractivity contribution in [2.75, 3.05) is 39.4 Å². The zero-order valence-electron chi connectivity index (χ0n) is 17.0. The van der Waals surface area contributed by atoms with Gasteiger partial charge in [0.25, 0.3) is 15.9 Å². The van der Waals surface area contributed by atoms with Crippen molar-refractivity contribution in [1.29, 1.82) is 0 Å². The molecule has 0 spiro atoms. The molecule has 2 fully saturated rings. The molecule has 2 aliphatic heterocycles. The molecule has 0 aliphatic carbocycles. The first kappa shape index (κ1) is 20.2. The minimum absolute atomic E-state index is 0.0432. The molecule has 9 nitrogen and oxygen atoms in total. The molecule has 164 valence electrons. The van der Waals surface area contributed by atoms with Gasteiger partial charge in [-0.15, -0.1) is 0 Å². The second-order valence-electron chi connectivity index (χ2n) is 7.85. The molecule has 2 aliphatic rings. The van der Waals surface area contributed by atoms with Crippen LogP contribution in [-0.2, 0) is 14.8 Å². The first-order chi connectivity index (χ1) is 15.0. The Morgan fingerprint density at radius 2 is 1.87 bits per heavy atom. The predicted octanol–water partition coefficient (Wildman–Crippen LogP) is 2.20. The van der Waals surface area contributed by atoms with Gasteiger partial charge in [0, 0.05) is 44.0 Å². The highest BCUT2D eigenvalue weighted by Crippen LogP contribution is 2.34. The monoisotopic (exact) mass is 444 g/mol. The first-order valence-corrected chi connectivity index (χ1v) is 11.9. The van der Waals surface area contributed by atoms with Gasteiger partial charge in [-0.25, -0.2) is 13.4 Å². The van der Waals surface area contributed by atoms with Crippen molar-refractivity contribution in [3.63, 3.8) is 0 Å². The van der Waals surface area contributed by atoms with E-state index in [-0.39, 0.29) is 22.7 Å². The van der Waals surface area contributed by atoms with E-state index in [9.17, 15) is 13.2 Å². The summed E-state index contributed by atoms with van der Waals surface area (Å²) in [4.78, 5) is 21.7. The summed E-state index contributed by atoms with van der Waals surface area (Å²) in [6, 6.07) is 6.76. The Balaban J connectivity index is 1.28. The molecule has 0 radical (unpaired) electrons. The molecular formula is C21H24N4O5S. The molecule has 5 rings (SSSR count). The number of nitrogens with zero attached hydrogens (tertiary/aromatic N) is 3. The van der Waals surface area contributed by atoms with Gasteiger partial charge in [0.1, 0.15) is 5.65 Å². The fourth-order valence-electron chi connectivity index (χ4n) is 4.35. The van der Waals surface area contributed by atoms with E-state index >= 15 is 0 Å². The number of rotatable bonds is 4. The number of carbonyl (C=O) groups is 1. The maximum Gasteiger partial charge on any atom is 0.289 e. The molecule has 0 bridgehead atoms. The molecule has 3 aromatic heterocycles. The molecule has 3 aromatic rings. The van der Waals surface area contributed by atoms with E-state index in [1.54, 1.807) is 11.1 Å². The maximum atomic E-state index is 13.1. The van der Waals surface area contributed by atoms with Crippen molar-refractivity contribution in [2.45, 2.75) is 23.9 Å². The number of amides is 1. The number of hydrogen-bond acceptors (Lipinski definition) is 6. The van der Waals surface area contributed by atoms with Gasteiger partial charge in [-0.1, -0.05) is 0 Å². The molecule has 10 heteroatoms. The van der Waals surface area contributed by atoms with E-state index in [2.05, 4.69) is 9.97 Å². The Morgan fingerprint density at radius 3 is 2.65 bits per heavy atom. The molecule has 5 heterocycles. The van der Waals surface area contributed by atoms with Crippen LogP contribution in [0.1, 0.15) is 34.9 Å². The van der Waals surface area contributed by atoms with Gasteiger partial charge in [0.15, 0.2) is 5.76 Å². The molecule has 0 unspecified atom stereocenters. The standard InChI is InChI=1S/C21H24N4O5S/c26-21(24-10-12-29-13-11-24)18-3-4-19(30-18)31(27,28)25-8-5-15(6-9-25)17-14-23-20-16(17)2-1-7-22-20/h1-4,7,14-15H,5-6,8-13H2,(H,22,23). The van der Waals surface area contributed by atoms with Gasteiger partial charge in [0.05, 0.1) is 13.2 Å². The Bertz CT molecular complexity index is 1190. The number of morpholine rings is 1. The van der Waals surface area contributed by atoms with Gasteiger partial charge < -0.3 is 19.0 Å². The number of pyridine rings is 1. The number of hydrogen-bond donors (Lipinski definition) is 1. The van der Waals surface area contributed by atoms with Gasteiger partial charge in [-0.2, -0.15) is 4.31 Å². The molecule has 1 N–H and O–H groups in total. The summed E-state index contributed by atoms with van der Waals surface area (Å²) in [5.74, 6) is -0.00230. The highest BCUT2D eigenvalue weighted by atomic mass is 32.2.